The van der Waals surface area contributed by atoms with Gasteiger partial charge in [0.2, 0.25) is 0 Å². The number of rotatable bonds is 3. The first-order chi connectivity index (χ1) is 8.65. The zero-order valence-electron chi connectivity index (χ0n) is 10.3. The molecule has 1 saturated heterocycles. The van der Waals surface area contributed by atoms with Crippen molar-refractivity contribution < 1.29 is 4.92 Å². The molecule has 6 nitrogen and oxygen atoms in total. The number of nitrogens with zero attached hydrogens (tertiary/aromatic N) is 3. The van der Waals surface area contributed by atoms with Crippen LogP contribution in [0.4, 0.5) is 11.4 Å². The van der Waals surface area contributed by atoms with Crippen LogP contribution in [-0.4, -0.2) is 35.7 Å². The third-order valence-electron chi connectivity index (χ3n) is 2.96. The molecule has 6 heteroatoms. The van der Waals surface area contributed by atoms with Crippen LogP contribution in [0, 0.1) is 10.1 Å². The van der Waals surface area contributed by atoms with Crippen molar-refractivity contribution in [3.05, 3.63) is 34.4 Å². The maximum absolute atomic E-state index is 10.6. The van der Waals surface area contributed by atoms with Crippen molar-refractivity contribution in [1.29, 1.82) is 0 Å². The van der Waals surface area contributed by atoms with E-state index in [2.05, 4.69) is 22.5 Å². The Morgan fingerprint density at radius 1 is 1.39 bits per heavy atom. The van der Waals surface area contributed by atoms with Gasteiger partial charge in [-0.2, -0.15) is 5.10 Å². The van der Waals surface area contributed by atoms with Crippen LogP contribution in [0.5, 0.6) is 0 Å². The first-order valence-electron chi connectivity index (χ1n) is 5.89. The first-order valence-corrected chi connectivity index (χ1v) is 5.89. The summed E-state index contributed by atoms with van der Waals surface area (Å²) >= 11 is 0. The van der Waals surface area contributed by atoms with Crippen LogP contribution >= 0.6 is 0 Å². The van der Waals surface area contributed by atoms with Gasteiger partial charge in [0, 0.05) is 43.8 Å². The fourth-order valence-corrected chi connectivity index (χ4v) is 1.82. The molecule has 1 aromatic carbocycles. The maximum atomic E-state index is 10.6. The summed E-state index contributed by atoms with van der Waals surface area (Å²) in [6.07, 6.45) is 1.89. The van der Waals surface area contributed by atoms with Gasteiger partial charge in [0.1, 0.15) is 0 Å². The number of likely N-dealkylation sites (tertiary alicyclic amines) is 1. The summed E-state index contributed by atoms with van der Waals surface area (Å²) in [5.74, 6) is 0. The third-order valence-corrected chi connectivity index (χ3v) is 2.96. The molecular formula is C12H16N4O2. The normalized spacial score (nSPS) is 16.4. The zero-order chi connectivity index (χ0) is 13.0. The molecule has 0 aromatic heterocycles. The second-order valence-corrected chi connectivity index (χ2v) is 4.40. The Morgan fingerprint density at radius 3 is 2.78 bits per heavy atom. The van der Waals surface area contributed by atoms with Gasteiger partial charge < -0.3 is 4.90 Å². The lowest BCUT2D eigenvalue weighted by molar-refractivity contribution is -0.384. The summed E-state index contributed by atoms with van der Waals surface area (Å²) in [4.78, 5) is 12.5. The molecule has 0 radical (unpaired) electrons. The molecule has 0 saturated carbocycles. The predicted octanol–water partition coefficient (Wildman–Crippen LogP) is 2.09. The number of hydrogen-bond acceptors (Lipinski definition) is 5. The number of non-ortho nitro benzene ring substituents is 1. The Kier molecular flexibility index (Phi) is 3.88. The maximum Gasteiger partial charge on any atom is 0.271 e. The molecule has 1 aromatic rings. The molecule has 1 heterocycles. The van der Waals surface area contributed by atoms with Gasteiger partial charge in [-0.25, -0.2) is 0 Å². The topological polar surface area (TPSA) is 70.8 Å². The van der Waals surface area contributed by atoms with Gasteiger partial charge in [0.05, 0.1) is 10.6 Å². The Labute approximate surface area is 105 Å². The van der Waals surface area contributed by atoms with E-state index < -0.39 is 4.92 Å². The molecular weight excluding hydrogens is 232 g/mol. The molecule has 0 unspecified atom stereocenters. The number of piperidine rings is 1. The summed E-state index contributed by atoms with van der Waals surface area (Å²) in [7, 11) is 2.09. The monoisotopic (exact) mass is 248 g/mol. The van der Waals surface area contributed by atoms with Crippen LogP contribution in [0.15, 0.2) is 29.4 Å². The summed E-state index contributed by atoms with van der Waals surface area (Å²) < 4.78 is 0. The Bertz CT molecular complexity index is 463. The Morgan fingerprint density at radius 2 is 2.11 bits per heavy atom. The van der Waals surface area contributed by atoms with Crippen LogP contribution in [-0.2, 0) is 0 Å². The molecule has 18 heavy (non-hydrogen) atoms. The highest BCUT2D eigenvalue weighted by molar-refractivity contribution is 5.86. The van der Waals surface area contributed by atoms with Gasteiger partial charge in [0.25, 0.3) is 5.69 Å². The Balaban J connectivity index is 1.99. The number of anilines is 1. The smallest absolute Gasteiger partial charge is 0.271 e. The lowest BCUT2D eigenvalue weighted by atomic mass is 10.1. The van der Waals surface area contributed by atoms with Crippen LogP contribution in [0.2, 0.25) is 0 Å². The average Bonchev–Trinajstić information content (AvgIpc) is 2.38. The van der Waals surface area contributed by atoms with E-state index in [9.17, 15) is 10.1 Å². The van der Waals surface area contributed by atoms with Gasteiger partial charge in [-0.1, -0.05) is 6.07 Å². The van der Waals surface area contributed by atoms with Crippen molar-refractivity contribution >= 4 is 17.1 Å². The highest BCUT2D eigenvalue weighted by atomic mass is 16.6. The average molecular weight is 248 g/mol. The van der Waals surface area contributed by atoms with Crippen LogP contribution in [0.25, 0.3) is 0 Å². The summed E-state index contributed by atoms with van der Waals surface area (Å²) in [6, 6.07) is 6.37. The van der Waals surface area contributed by atoms with E-state index in [0.29, 0.717) is 5.69 Å². The molecule has 96 valence electrons. The van der Waals surface area contributed by atoms with Gasteiger partial charge in [-0.15, -0.1) is 0 Å². The quantitative estimate of drug-likeness (QED) is 0.656. The molecule has 0 aliphatic carbocycles. The number of nitrogens with one attached hydrogen (secondary N) is 1. The van der Waals surface area contributed by atoms with Crippen molar-refractivity contribution in [3.63, 3.8) is 0 Å². The second kappa shape index (κ2) is 5.59. The Hall–Kier alpha value is -1.95. The van der Waals surface area contributed by atoms with E-state index in [0.717, 1.165) is 31.6 Å². The van der Waals surface area contributed by atoms with Crippen molar-refractivity contribution in [1.82, 2.24) is 4.90 Å². The van der Waals surface area contributed by atoms with E-state index >= 15 is 0 Å². The number of benzene rings is 1. The van der Waals surface area contributed by atoms with Crippen molar-refractivity contribution in [2.24, 2.45) is 5.10 Å². The highest BCUT2D eigenvalue weighted by Crippen LogP contribution is 2.17. The molecule has 0 spiro atoms. The molecule has 1 fully saturated rings. The molecule has 1 N–H and O–H groups in total. The number of hydrazone groups is 1. The summed E-state index contributed by atoms with van der Waals surface area (Å²) in [5.41, 5.74) is 4.72. The van der Waals surface area contributed by atoms with Crippen molar-refractivity contribution in [2.75, 3.05) is 25.6 Å². The van der Waals surface area contributed by atoms with E-state index in [1.165, 1.54) is 12.1 Å². The van der Waals surface area contributed by atoms with Gasteiger partial charge in [-0.3, -0.25) is 15.5 Å². The fraction of sp³-hybridized carbons (Fsp3) is 0.417. The minimum atomic E-state index is -0.409. The highest BCUT2D eigenvalue weighted by Gasteiger charge is 2.11. The van der Waals surface area contributed by atoms with Gasteiger partial charge in [-0.05, 0) is 13.1 Å². The third kappa shape index (κ3) is 3.27. The SMILES string of the molecule is CN1CCC(=NNc2cccc([N+](=O)[O-])c2)CC1. The van der Waals surface area contributed by atoms with Gasteiger partial charge >= 0.3 is 0 Å². The number of hydrogen-bond donors (Lipinski definition) is 1. The zero-order valence-corrected chi connectivity index (χ0v) is 10.3. The lowest BCUT2D eigenvalue weighted by Gasteiger charge is -2.22. The standard InChI is InChI=1S/C12H16N4O2/c1-15-7-5-10(6-8-15)13-14-11-3-2-4-12(9-11)16(17)18/h2-4,9,14H,5-8H2,1H3. The molecule has 0 atom stereocenters. The largest absolute Gasteiger partial charge is 0.306 e. The minimum Gasteiger partial charge on any atom is -0.306 e. The second-order valence-electron chi connectivity index (χ2n) is 4.40. The van der Waals surface area contributed by atoms with Crippen LogP contribution < -0.4 is 5.43 Å². The fourth-order valence-electron chi connectivity index (χ4n) is 1.82. The predicted molar refractivity (Wildman–Crippen MR) is 70.9 cm³/mol. The van der Waals surface area contributed by atoms with Crippen molar-refractivity contribution in [3.8, 4) is 0 Å². The minimum absolute atomic E-state index is 0.0728. The molecule has 0 bridgehead atoms. The molecule has 2 rings (SSSR count). The van der Waals surface area contributed by atoms with Crippen LogP contribution in [0.1, 0.15) is 12.8 Å². The lowest BCUT2D eigenvalue weighted by Crippen LogP contribution is -2.30. The molecule has 1 aliphatic rings. The van der Waals surface area contributed by atoms with Gasteiger partial charge in [0.15, 0.2) is 0 Å². The number of nitro benzene ring substituents is 1. The van der Waals surface area contributed by atoms with E-state index in [1.54, 1.807) is 12.1 Å². The summed E-state index contributed by atoms with van der Waals surface area (Å²) in [5, 5.41) is 14.9. The van der Waals surface area contributed by atoms with E-state index in [4.69, 9.17) is 0 Å². The van der Waals surface area contributed by atoms with Crippen LogP contribution in [0.3, 0.4) is 0 Å². The molecule has 0 amide bonds. The van der Waals surface area contributed by atoms with E-state index in [-0.39, 0.29) is 5.69 Å². The van der Waals surface area contributed by atoms with E-state index in [1.807, 2.05) is 0 Å². The molecule has 1 aliphatic heterocycles. The summed E-state index contributed by atoms with van der Waals surface area (Å²) in [6.45, 7) is 2.02. The number of nitro groups is 1. The first kappa shape index (κ1) is 12.5. The van der Waals surface area contributed by atoms with Crippen molar-refractivity contribution in [2.45, 2.75) is 12.8 Å².